The zero-order valence-corrected chi connectivity index (χ0v) is 20.6. The molecule has 0 saturated carbocycles. The van der Waals surface area contributed by atoms with Gasteiger partial charge >= 0.3 is 5.97 Å². The molecule has 1 aliphatic heterocycles. The minimum Gasteiger partial charge on any atom is -0.464 e. The molecule has 0 radical (unpaired) electrons. The van der Waals surface area contributed by atoms with Gasteiger partial charge in [0.15, 0.2) is 5.67 Å². The zero-order chi connectivity index (χ0) is 27.5. The molecule has 0 spiro atoms. The summed E-state index contributed by atoms with van der Waals surface area (Å²) in [6.07, 6.45) is -0.331. The molecule has 2 aromatic rings. The van der Waals surface area contributed by atoms with Crippen molar-refractivity contribution in [3.63, 3.8) is 0 Å². The Balaban J connectivity index is 1.57. The lowest BCUT2D eigenvalue weighted by atomic mass is 10.0. The monoisotopic (exact) mass is 531 g/mol. The Hall–Kier alpha value is -4.22. The van der Waals surface area contributed by atoms with Crippen molar-refractivity contribution in [1.82, 2.24) is 10.2 Å². The highest BCUT2D eigenvalue weighted by molar-refractivity contribution is 5.97. The summed E-state index contributed by atoms with van der Waals surface area (Å²) in [6, 6.07) is 10.3. The van der Waals surface area contributed by atoms with Gasteiger partial charge in [0, 0.05) is 23.4 Å². The molecule has 0 aliphatic carbocycles. The Morgan fingerprint density at radius 3 is 2.45 bits per heavy atom. The molecule has 11 nitrogen and oxygen atoms in total. The highest BCUT2D eigenvalue weighted by Gasteiger charge is 2.50. The van der Waals surface area contributed by atoms with Crippen LogP contribution in [0, 0.1) is 5.82 Å². The summed E-state index contributed by atoms with van der Waals surface area (Å²) in [7, 11) is 0. The SMILES string of the molecule is CCOC(=O)[C@@H]1C[C@](F)(COCCN=[N+]=[N-])CN1C(=O)CNC(=O)c1ccc(Oc2ccc(F)cc2)cc1. The molecule has 2 atom stereocenters. The predicted octanol–water partition coefficient (Wildman–Crippen LogP) is 3.55. The number of likely N-dealkylation sites (tertiary alicyclic amines) is 1. The molecule has 1 aliphatic rings. The second kappa shape index (κ2) is 13.4. The number of amides is 2. The molecule has 1 saturated heterocycles. The summed E-state index contributed by atoms with van der Waals surface area (Å²) < 4.78 is 44.2. The normalized spacial score (nSPS) is 18.4. The lowest BCUT2D eigenvalue weighted by Gasteiger charge is -2.23. The molecule has 0 unspecified atom stereocenters. The zero-order valence-electron chi connectivity index (χ0n) is 20.6. The highest BCUT2D eigenvalue weighted by atomic mass is 19.1. The number of esters is 1. The van der Waals surface area contributed by atoms with Gasteiger partial charge in [-0.1, -0.05) is 5.11 Å². The van der Waals surface area contributed by atoms with E-state index in [9.17, 15) is 18.8 Å². The van der Waals surface area contributed by atoms with Gasteiger partial charge in [-0.05, 0) is 61.0 Å². The van der Waals surface area contributed by atoms with E-state index in [4.69, 9.17) is 19.7 Å². The quantitative estimate of drug-likeness (QED) is 0.146. The maximum absolute atomic E-state index is 15.4. The third-order valence-corrected chi connectivity index (χ3v) is 5.59. The van der Waals surface area contributed by atoms with Gasteiger partial charge in [-0.15, -0.1) is 0 Å². The second-order valence-electron chi connectivity index (χ2n) is 8.41. The molecule has 0 aromatic heterocycles. The number of carbonyl (C=O) groups is 3. The van der Waals surface area contributed by atoms with Crippen LogP contribution in [0.2, 0.25) is 0 Å². The molecular weight excluding hydrogens is 504 g/mol. The molecular formula is C25H27F2N5O6. The van der Waals surface area contributed by atoms with E-state index in [0.29, 0.717) is 11.5 Å². The first-order valence-corrected chi connectivity index (χ1v) is 11.8. The fourth-order valence-corrected chi connectivity index (χ4v) is 3.83. The highest BCUT2D eigenvalue weighted by Crippen LogP contribution is 2.32. The fourth-order valence-electron chi connectivity index (χ4n) is 3.83. The maximum Gasteiger partial charge on any atom is 0.328 e. The summed E-state index contributed by atoms with van der Waals surface area (Å²) in [5.41, 5.74) is 6.51. The van der Waals surface area contributed by atoms with Crippen LogP contribution in [0.15, 0.2) is 53.6 Å². The van der Waals surface area contributed by atoms with E-state index in [-0.39, 0.29) is 31.7 Å². The van der Waals surface area contributed by atoms with E-state index in [2.05, 4.69) is 15.3 Å². The number of nitrogens with one attached hydrogen (secondary N) is 1. The predicted molar refractivity (Wildman–Crippen MR) is 131 cm³/mol. The Kier molecular flexibility index (Phi) is 9.97. The van der Waals surface area contributed by atoms with Crippen molar-refractivity contribution in [3.8, 4) is 11.5 Å². The van der Waals surface area contributed by atoms with Gasteiger partial charge in [0.1, 0.15) is 23.4 Å². The van der Waals surface area contributed by atoms with E-state index in [0.717, 1.165) is 4.90 Å². The first-order chi connectivity index (χ1) is 18.2. The van der Waals surface area contributed by atoms with Crippen molar-refractivity contribution in [3.05, 3.63) is 70.4 Å². The number of halogens is 2. The molecule has 1 heterocycles. The van der Waals surface area contributed by atoms with Gasteiger partial charge < -0.3 is 24.4 Å². The summed E-state index contributed by atoms with van der Waals surface area (Å²) in [6.45, 7) is 0.331. The summed E-state index contributed by atoms with van der Waals surface area (Å²) in [5.74, 6) is -1.54. The lowest BCUT2D eigenvalue weighted by Crippen LogP contribution is -2.46. The van der Waals surface area contributed by atoms with E-state index < -0.39 is 55.0 Å². The van der Waals surface area contributed by atoms with E-state index in [1.807, 2.05) is 0 Å². The molecule has 2 aromatic carbocycles. The van der Waals surface area contributed by atoms with Gasteiger partial charge in [-0.2, -0.15) is 0 Å². The van der Waals surface area contributed by atoms with Crippen LogP contribution in [0.4, 0.5) is 8.78 Å². The average molecular weight is 532 g/mol. The van der Waals surface area contributed by atoms with Crippen molar-refractivity contribution in [1.29, 1.82) is 0 Å². The van der Waals surface area contributed by atoms with Crippen LogP contribution in [0.3, 0.4) is 0 Å². The van der Waals surface area contributed by atoms with Crippen molar-refractivity contribution in [2.24, 2.45) is 5.11 Å². The molecule has 1 fully saturated rings. The van der Waals surface area contributed by atoms with Crippen molar-refractivity contribution >= 4 is 17.8 Å². The van der Waals surface area contributed by atoms with Crippen molar-refractivity contribution in [2.75, 3.05) is 39.5 Å². The number of ether oxygens (including phenoxy) is 3. The third-order valence-electron chi connectivity index (χ3n) is 5.59. The molecule has 38 heavy (non-hydrogen) atoms. The average Bonchev–Trinajstić information content (AvgIpc) is 3.27. The molecule has 1 N–H and O–H groups in total. The third kappa shape index (κ3) is 7.89. The van der Waals surface area contributed by atoms with Crippen LogP contribution in [0.5, 0.6) is 11.5 Å². The maximum atomic E-state index is 15.4. The Morgan fingerprint density at radius 1 is 1.16 bits per heavy atom. The van der Waals surface area contributed by atoms with Gasteiger partial charge in [-0.3, -0.25) is 9.59 Å². The van der Waals surface area contributed by atoms with Crippen LogP contribution in [0.25, 0.3) is 10.4 Å². The Morgan fingerprint density at radius 2 is 1.82 bits per heavy atom. The van der Waals surface area contributed by atoms with E-state index >= 15 is 4.39 Å². The van der Waals surface area contributed by atoms with E-state index in [1.165, 1.54) is 48.5 Å². The molecule has 13 heteroatoms. The van der Waals surface area contributed by atoms with Crippen LogP contribution >= 0.6 is 0 Å². The minimum atomic E-state index is -2.02. The number of rotatable bonds is 12. The molecule has 3 rings (SSSR count). The van der Waals surface area contributed by atoms with Gasteiger partial charge in [-0.25, -0.2) is 13.6 Å². The van der Waals surface area contributed by atoms with Crippen LogP contribution < -0.4 is 10.1 Å². The Bertz CT molecular complexity index is 1170. The molecule has 2 amide bonds. The van der Waals surface area contributed by atoms with Crippen molar-refractivity contribution < 1.29 is 37.4 Å². The topological polar surface area (TPSA) is 143 Å². The number of hydrogen-bond acceptors (Lipinski definition) is 7. The number of nitrogens with zero attached hydrogens (tertiary/aromatic N) is 4. The number of hydrogen-bond donors (Lipinski definition) is 1. The summed E-state index contributed by atoms with van der Waals surface area (Å²) in [5, 5.41) is 5.77. The number of carbonyl (C=O) groups excluding carboxylic acids is 3. The summed E-state index contributed by atoms with van der Waals surface area (Å²) >= 11 is 0. The standard InChI is InChI=1S/C25H27F2N5O6/c1-2-37-24(35)21-13-25(27,16-36-12-11-30-31-28)15-32(21)22(33)14-29-23(34)17-3-7-19(8-4-17)38-20-9-5-18(26)6-10-20/h3-10,21H,2,11-16H2,1H3,(H,29,34)/t21-,25+/m0/s1. The van der Waals surface area contributed by atoms with Gasteiger partial charge in [0.05, 0.1) is 32.9 Å². The molecule has 202 valence electrons. The van der Waals surface area contributed by atoms with Crippen LogP contribution in [-0.2, 0) is 19.1 Å². The van der Waals surface area contributed by atoms with Crippen molar-refractivity contribution in [2.45, 2.75) is 25.1 Å². The van der Waals surface area contributed by atoms with Crippen LogP contribution in [-0.4, -0.2) is 73.8 Å². The number of alkyl halides is 1. The fraction of sp³-hybridized carbons (Fsp3) is 0.400. The van der Waals surface area contributed by atoms with Gasteiger partial charge in [0.25, 0.3) is 5.91 Å². The first kappa shape index (κ1) is 28.4. The van der Waals surface area contributed by atoms with Gasteiger partial charge in [0.2, 0.25) is 5.91 Å². The number of benzene rings is 2. The Labute approximate surface area is 217 Å². The lowest BCUT2D eigenvalue weighted by molar-refractivity contribution is -0.152. The van der Waals surface area contributed by atoms with E-state index in [1.54, 1.807) is 6.92 Å². The van der Waals surface area contributed by atoms with Crippen LogP contribution in [0.1, 0.15) is 23.7 Å². The second-order valence-corrected chi connectivity index (χ2v) is 8.41. The smallest absolute Gasteiger partial charge is 0.328 e. The minimum absolute atomic E-state index is 0.0158. The largest absolute Gasteiger partial charge is 0.464 e. The molecule has 0 bridgehead atoms. The first-order valence-electron chi connectivity index (χ1n) is 11.8. The summed E-state index contributed by atoms with van der Waals surface area (Å²) in [4.78, 5) is 41.5. The number of azide groups is 1.